The number of thiophene rings is 1. The highest BCUT2D eigenvalue weighted by atomic mass is 35.5. The molecule has 5 nitrogen and oxygen atoms in total. The summed E-state index contributed by atoms with van der Waals surface area (Å²) in [5.74, 6) is -0.304. The molecule has 1 amide bonds. The molecule has 0 saturated heterocycles. The van der Waals surface area contributed by atoms with Crippen molar-refractivity contribution in [2.45, 2.75) is 6.92 Å². The molecule has 8 heteroatoms. The summed E-state index contributed by atoms with van der Waals surface area (Å²) < 4.78 is 19.2. The number of nitrogens with one attached hydrogen (secondary N) is 1. The number of hydrogen-bond acceptors (Lipinski definition) is 5. The van der Waals surface area contributed by atoms with Gasteiger partial charge in [0, 0.05) is 11.8 Å². The molecule has 0 saturated carbocycles. The van der Waals surface area contributed by atoms with E-state index in [4.69, 9.17) is 16.0 Å². The zero-order chi connectivity index (χ0) is 19.7. The lowest BCUT2D eigenvalue weighted by molar-refractivity contribution is 0.102. The topological polar surface area (TPSA) is 68.0 Å². The summed E-state index contributed by atoms with van der Waals surface area (Å²) in [7, 11) is 0. The van der Waals surface area contributed by atoms with Crippen LogP contribution in [-0.4, -0.2) is 15.9 Å². The lowest BCUT2D eigenvalue weighted by Gasteiger charge is -2.08. The third-order valence-corrected chi connectivity index (χ3v) is 5.63. The van der Waals surface area contributed by atoms with Gasteiger partial charge < -0.3 is 9.73 Å². The van der Waals surface area contributed by atoms with E-state index in [-0.39, 0.29) is 5.56 Å². The first-order valence-corrected chi connectivity index (χ1v) is 9.44. The zero-order valence-corrected chi connectivity index (χ0v) is 16.1. The number of carbonyl (C=O) groups excluding carboxylic acids is 1. The van der Waals surface area contributed by atoms with Crippen molar-refractivity contribution in [1.29, 1.82) is 0 Å². The lowest BCUT2D eigenvalue weighted by atomic mass is 10.1. The van der Waals surface area contributed by atoms with Crippen LogP contribution >= 0.6 is 22.9 Å². The molecule has 0 aliphatic rings. The van der Waals surface area contributed by atoms with Crippen LogP contribution in [-0.2, 0) is 0 Å². The maximum absolute atomic E-state index is 13.9. The first-order chi connectivity index (χ1) is 13.5. The number of amides is 1. The maximum Gasteiger partial charge on any atom is 0.260 e. The molecule has 0 atom stereocenters. The molecule has 0 spiro atoms. The minimum atomic E-state index is -0.571. The molecule has 3 heterocycles. The van der Waals surface area contributed by atoms with E-state index in [1.165, 1.54) is 23.7 Å². The molecule has 0 aliphatic carbocycles. The molecule has 4 aromatic rings. The fourth-order valence-corrected chi connectivity index (χ4v) is 4.10. The molecule has 0 bridgehead atoms. The van der Waals surface area contributed by atoms with E-state index < -0.39 is 11.7 Å². The number of rotatable bonds is 4. The van der Waals surface area contributed by atoms with E-state index in [2.05, 4.69) is 15.3 Å². The molecule has 3 aromatic heterocycles. The van der Waals surface area contributed by atoms with Gasteiger partial charge in [-0.2, -0.15) is 0 Å². The van der Waals surface area contributed by atoms with Crippen molar-refractivity contribution in [1.82, 2.24) is 9.97 Å². The number of oxazole rings is 1. The van der Waals surface area contributed by atoms with Crippen LogP contribution in [0.4, 0.5) is 10.2 Å². The van der Waals surface area contributed by atoms with Gasteiger partial charge in [-0.3, -0.25) is 4.79 Å². The van der Waals surface area contributed by atoms with Crippen molar-refractivity contribution < 1.29 is 13.6 Å². The van der Waals surface area contributed by atoms with Gasteiger partial charge in [-0.05, 0) is 36.8 Å². The van der Waals surface area contributed by atoms with Gasteiger partial charge in [0.2, 0.25) is 5.89 Å². The minimum Gasteiger partial charge on any atom is -0.444 e. The summed E-state index contributed by atoms with van der Waals surface area (Å²) in [6, 6.07) is 9.70. The Bertz CT molecular complexity index is 1120. The second-order valence-electron chi connectivity index (χ2n) is 5.94. The highest BCUT2D eigenvalue weighted by molar-refractivity contribution is 7.19. The van der Waals surface area contributed by atoms with Crippen molar-refractivity contribution in [3.63, 3.8) is 0 Å². The Labute approximate surface area is 168 Å². The molecule has 1 aromatic carbocycles. The fraction of sp³-hybridized carbons (Fsp3) is 0.0500. The van der Waals surface area contributed by atoms with Gasteiger partial charge in [0.25, 0.3) is 5.91 Å². The van der Waals surface area contributed by atoms with Crippen molar-refractivity contribution in [3.05, 3.63) is 77.0 Å². The molecule has 4 rings (SSSR count). The molecular weight excluding hydrogens is 401 g/mol. The summed E-state index contributed by atoms with van der Waals surface area (Å²) in [5.41, 5.74) is 1.34. The van der Waals surface area contributed by atoms with Crippen LogP contribution < -0.4 is 5.32 Å². The van der Waals surface area contributed by atoms with Crippen molar-refractivity contribution in [2.75, 3.05) is 5.32 Å². The molecule has 0 radical (unpaired) electrons. The maximum atomic E-state index is 13.9. The number of anilines is 1. The van der Waals surface area contributed by atoms with Crippen LogP contribution in [0.2, 0.25) is 5.02 Å². The first-order valence-electron chi connectivity index (χ1n) is 8.25. The smallest absolute Gasteiger partial charge is 0.260 e. The lowest BCUT2D eigenvalue weighted by Crippen LogP contribution is -2.16. The normalized spacial score (nSPS) is 10.8. The molecule has 28 heavy (non-hydrogen) atoms. The van der Waals surface area contributed by atoms with Crippen LogP contribution in [0.25, 0.3) is 21.2 Å². The molecule has 0 unspecified atom stereocenters. The Balaban J connectivity index is 1.56. The summed E-state index contributed by atoms with van der Waals surface area (Å²) in [4.78, 5) is 22.3. The van der Waals surface area contributed by atoms with Gasteiger partial charge in [-0.15, -0.1) is 11.3 Å². The number of nitrogens with zero attached hydrogens (tertiary/aromatic N) is 2. The Morgan fingerprint density at radius 3 is 2.79 bits per heavy atom. The highest BCUT2D eigenvalue weighted by Gasteiger charge is 2.16. The van der Waals surface area contributed by atoms with Gasteiger partial charge in [-0.25, -0.2) is 14.4 Å². The number of hydrogen-bond donors (Lipinski definition) is 1. The van der Waals surface area contributed by atoms with Crippen molar-refractivity contribution in [2.24, 2.45) is 0 Å². The Morgan fingerprint density at radius 1 is 1.25 bits per heavy atom. The number of halogens is 2. The minimum absolute atomic E-state index is 0.00488. The Morgan fingerprint density at radius 2 is 2.11 bits per heavy atom. The number of aryl methyl sites for hydroxylation is 1. The molecule has 140 valence electrons. The molecule has 0 fully saturated rings. The van der Waals surface area contributed by atoms with E-state index in [1.807, 2.05) is 0 Å². The Hall–Kier alpha value is -3.03. The monoisotopic (exact) mass is 413 g/mol. The third-order valence-electron chi connectivity index (χ3n) is 4.05. The predicted molar refractivity (Wildman–Crippen MR) is 107 cm³/mol. The highest BCUT2D eigenvalue weighted by Crippen LogP contribution is 2.40. The second-order valence-corrected chi connectivity index (χ2v) is 7.40. The fourth-order valence-electron chi connectivity index (χ4n) is 2.72. The number of benzene rings is 1. The molecule has 0 aliphatic heterocycles. The second kappa shape index (κ2) is 7.53. The Kier molecular flexibility index (Phi) is 4.93. The summed E-state index contributed by atoms with van der Waals surface area (Å²) >= 11 is 7.76. The SMILES string of the molecule is Cc1cccc(F)c1C(=O)Nc1ccc(-c2sc(-c3ncco3)cc2Cl)cn1. The van der Waals surface area contributed by atoms with E-state index in [9.17, 15) is 9.18 Å². The van der Waals surface area contributed by atoms with Crippen LogP contribution in [0.15, 0.2) is 59.5 Å². The van der Waals surface area contributed by atoms with E-state index in [1.54, 1.807) is 49.6 Å². The number of pyridine rings is 1. The van der Waals surface area contributed by atoms with Crippen LogP contribution in [0.3, 0.4) is 0 Å². The van der Waals surface area contributed by atoms with E-state index in [0.29, 0.717) is 22.3 Å². The van der Waals surface area contributed by atoms with Crippen LogP contribution in [0.1, 0.15) is 15.9 Å². The van der Waals surface area contributed by atoms with Gasteiger partial charge in [0.15, 0.2) is 0 Å². The van der Waals surface area contributed by atoms with E-state index in [0.717, 1.165) is 15.3 Å². The first kappa shape index (κ1) is 18.3. The standard InChI is InChI=1S/C20H13ClFN3O2S/c1-11-3-2-4-14(22)17(11)19(26)25-16-6-5-12(10-24-16)18-13(21)9-15(28-18)20-23-7-8-27-20/h2-10H,1H3,(H,24,25,26). The van der Waals surface area contributed by atoms with Gasteiger partial charge in [0.05, 0.1) is 26.5 Å². The summed E-state index contributed by atoms with van der Waals surface area (Å²) in [6.07, 6.45) is 4.67. The number of carbonyl (C=O) groups is 1. The summed E-state index contributed by atoms with van der Waals surface area (Å²) in [6.45, 7) is 1.68. The average molecular weight is 414 g/mol. The van der Waals surface area contributed by atoms with Crippen LogP contribution in [0, 0.1) is 12.7 Å². The largest absolute Gasteiger partial charge is 0.444 e. The summed E-state index contributed by atoms with van der Waals surface area (Å²) in [5, 5.41) is 3.17. The van der Waals surface area contributed by atoms with Gasteiger partial charge in [0.1, 0.15) is 17.9 Å². The third kappa shape index (κ3) is 3.54. The predicted octanol–water partition coefficient (Wildman–Crippen LogP) is 5.82. The molecule has 1 N–H and O–H groups in total. The van der Waals surface area contributed by atoms with Gasteiger partial charge >= 0.3 is 0 Å². The molecular formula is C20H13ClFN3O2S. The average Bonchev–Trinajstić information content (AvgIpc) is 3.32. The van der Waals surface area contributed by atoms with Crippen molar-refractivity contribution in [3.8, 4) is 21.2 Å². The van der Waals surface area contributed by atoms with Crippen molar-refractivity contribution >= 4 is 34.7 Å². The number of aromatic nitrogens is 2. The quantitative estimate of drug-likeness (QED) is 0.457. The zero-order valence-electron chi connectivity index (χ0n) is 14.6. The van der Waals surface area contributed by atoms with Gasteiger partial charge in [-0.1, -0.05) is 23.7 Å². The van der Waals surface area contributed by atoms with E-state index >= 15 is 0 Å². The van der Waals surface area contributed by atoms with Crippen LogP contribution in [0.5, 0.6) is 0 Å².